The molecule has 112 valence electrons. The van der Waals surface area contributed by atoms with Crippen LogP contribution < -0.4 is 10.6 Å². The highest BCUT2D eigenvalue weighted by Crippen LogP contribution is 2.29. The summed E-state index contributed by atoms with van der Waals surface area (Å²) in [5.74, 6) is -0.999. The molecule has 0 amide bonds. The van der Waals surface area contributed by atoms with Crippen molar-refractivity contribution in [1.29, 1.82) is 0 Å². The van der Waals surface area contributed by atoms with Crippen molar-refractivity contribution in [3.05, 3.63) is 23.8 Å². The Morgan fingerprint density at radius 1 is 1.40 bits per heavy atom. The third-order valence-corrected chi connectivity index (χ3v) is 3.54. The minimum absolute atomic E-state index is 0.149. The number of hydrogen-bond donors (Lipinski definition) is 2. The lowest BCUT2D eigenvalue weighted by molar-refractivity contribution is 0.0698. The quantitative estimate of drug-likeness (QED) is 0.716. The number of para-hydroxylation sites is 1. The molecule has 0 saturated heterocycles. The standard InChI is InChI=1S/C15H24N2O3/c1-4-11(5-2)17(9-10-20-3)13-8-6-7-12(14(13)16)15(18)19/h6-8,11H,4-5,9-10,16H2,1-3H3,(H,18,19). The summed E-state index contributed by atoms with van der Waals surface area (Å²) in [5, 5.41) is 9.18. The zero-order valence-corrected chi connectivity index (χ0v) is 12.4. The number of nitrogens with zero attached hydrogens (tertiary/aromatic N) is 1. The van der Waals surface area contributed by atoms with Gasteiger partial charge in [0.25, 0.3) is 0 Å². The molecule has 0 atom stereocenters. The van der Waals surface area contributed by atoms with Crippen LogP contribution in [0.4, 0.5) is 11.4 Å². The molecule has 0 aromatic heterocycles. The smallest absolute Gasteiger partial charge is 0.337 e. The van der Waals surface area contributed by atoms with Gasteiger partial charge in [-0.25, -0.2) is 4.79 Å². The molecule has 0 fully saturated rings. The maximum absolute atomic E-state index is 11.2. The molecule has 0 unspecified atom stereocenters. The van der Waals surface area contributed by atoms with Crippen molar-refractivity contribution in [2.24, 2.45) is 0 Å². The second-order valence-corrected chi connectivity index (χ2v) is 4.70. The maximum atomic E-state index is 11.2. The van der Waals surface area contributed by atoms with Crippen molar-refractivity contribution in [2.75, 3.05) is 30.9 Å². The predicted molar refractivity (Wildman–Crippen MR) is 81.4 cm³/mol. The highest BCUT2D eigenvalue weighted by molar-refractivity contribution is 5.97. The molecule has 1 aromatic rings. The number of anilines is 2. The molecule has 0 spiro atoms. The minimum Gasteiger partial charge on any atom is -0.478 e. The van der Waals surface area contributed by atoms with E-state index in [1.165, 1.54) is 6.07 Å². The summed E-state index contributed by atoms with van der Waals surface area (Å²) < 4.78 is 5.15. The molecular formula is C15H24N2O3. The molecule has 5 heteroatoms. The van der Waals surface area contributed by atoms with E-state index in [9.17, 15) is 9.90 Å². The second kappa shape index (κ2) is 7.75. The Morgan fingerprint density at radius 2 is 2.05 bits per heavy atom. The summed E-state index contributed by atoms with van der Waals surface area (Å²) in [7, 11) is 1.65. The van der Waals surface area contributed by atoms with Gasteiger partial charge < -0.3 is 20.5 Å². The summed E-state index contributed by atoms with van der Waals surface area (Å²) in [6.45, 7) is 5.50. The van der Waals surface area contributed by atoms with Crippen LogP contribution in [0.15, 0.2) is 18.2 Å². The van der Waals surface area contributed by atoms with E-state index in [0.29, 0.717) is 24.9 Å². The molecule has 0 aliphatic rings. The number of methoxy groups -OCH3 is 1. The minimum atomic E-state index is -0.999. The summed E-state index contributed by atoms with van der Waals surface area (Å²) in [6, 6.07) is 5.45. The van der Waals surface area contributed by atoms with Gasteiger partial charge in [0.1, 0.15) is 0 Å². The zero-order chi connectivity index (χ0) is 15.1. The molecular weight excluding hydrogens is 256 g/mol. The van der Waals surface area contributed by atoms with Crippen molar-refractivity contribution in [3.63, 3.8) is 0 Å². The number of benzene rings is 1. The Hall–Kier alpha value is -1.75. The number of hydrogen-bond acceptors (Lipinski definition) is 4. The van der Waals surface area contributed by atoms with E-state index >= 15 is 0 Å². The molecule has 0 radical (unpaired) electrons. The normalized spacial score (nSPS) is 10.8. The monoisotopic (exact) mass is 280 g/mol. The van der Waals surface area contributed by atoms with Gasteiger partial charge in [0, 0.05) is 19.7 Å². The van der Waals surface area contributed by atoms with Gasteiger partial charge in [0.05, 0.1) is 23.5 Å². The SMILES string of the molecule is CCC(CC)N(CCOC)c1cccc(C(=O)O)c1N. The highest BCUT2D eigenvalue weighted by Gasteiger charge is 2.20. The largest absolute Gasteiger partial charge is 0.478 e. The van der Waals surface area contributed by atoms with Gasteiger partial charge in [-0.1, -0.05) is 19.9 Å². The predicted octanol–water partition coefficient (Wildman–Crippen LogP) is 2.61. The topological polar surface area (TPSA) is 75.8 Å². The van der Waals surface area contributed by atoms with E-state index in [0.717, 1.165) is 18.5 Å². The van der Waals surface area contributed by atoms with E-state index in [2.05, 4.69) is 18.7 Å². The average molecular weight is 280 g/mol. The molecule has 20 heavy (non-hydrogen) atoms. The van der Waals surface area contributed by atoms with Crippen LogP contribution in [0.3, 0.4) is 0 Å². The first-order chi connectivity index (χ1) is 9.56. The maximum Gasteiger partial charge on any atom is 0.337 e. The Morgan fingerprint density at radius 3 is 2.55 bits per heavy atom. The Labute approximate surface area is 120 Å². The first-order valence-corrected chi connectivity index (χ1v) is 6.94. The molecule has 1 aromatic carbocycles. The number of aromatic carboxylic acids is 1. The zero-order valence-electron chi connectivity index (χ0n) is 12.4. The molecule has 5 nitrogen and oxygen atoms in total. The summed E-state index contributed by atoms with van der Waals surface area (Å²) >= 11 is 0. The number of carboxylic acid groups (broad SMARTS) is 1. The fourth-order valence-electron chi connectivity index (χ4n) is 2.41. The van der Waals surface area contributed by atoms with E-state index in [4.69, 9.17) is 10.5 Å². The lowest BCUT2D eigenvalue weighted by Crippen LogP contribution is -2.37. The van der Waals surface area contributed by atoms with Crippen LogP contribution in [0.1, 0.15) is 37.0 Å². The average Bonchev–Trinajstić information content (AvgIpc) is 2.44. The van der Waals surface area contributed by atoms with Crippen molar-refractivity contribution < 1.29 is 14.6 Å². The lowest BCUT2D eigenvalue weighted by Gasteiger charge is -2.33. The Bertz CT molecular complexity index is 445. The van der Waals surface area contributed by atoms with Gasteiger partial charge in [-0.3, -0.25) is 0 Å². The summed E-state index contributed by atoms with van der Waals surface area (Å²) in [6.07, 6.45) is 1.94. The molecule has 0 bridgehead atoms. The van der Waals surface area contributed by atoms with Crippen LogP contribution in [0.2, 0.25) is 0 Å². The van der Waals surface area contributed by atoms with Gasteiger partial charge >= 0.3 is 5.97 Å². The molecule has 0 aliphatic carbocycles. The van der Waals surface area contributed by atoms with Crippen LogP contribution in [-0.4, -0.2) is 37.4 Å². The van der Waals surface area contributed by atoms with E-state index in [-0.39, 0.29) is 5.56 Å². The van der Waals surface area contributed by atoms with Crippen molar-refractivity contribution >= 4 is 17.3 Å². The van der Waals surface area contributed by atoms with E-state index in [1.54, 1.807) is 13.2 Å². The van der Waals surface area contributed by atoms with E-state index < -0.39 is 5.97 Å². The van der Waals surface area contributed by atoms with Gasteiger partial charge in [0.2, 0.25) is 0 Å². The number of carbonyl (C=O) groups is 1. The number of carboxylic acids is 1. The molecule has 0 heterocycles. The van der Waals surface area contributed by atoms with Crippen molar-refractivity contribution in [2.45, 2.75) is 32.7 Å². The summed E-state index contributed by atoms with van der Waals surface area (Å²) in [4.78, 5) is 13.3. The number of rotatable bonds is 8. The first-order valence-electron chi connectivity index (χ1n) is 6.94. The van der Waals surface area contributed by atoms with Crippen LogP contribution >= 0.6 is 0 Å². The van der Waals surface area contributed by atoms with E-state index in [1.807, 2.05) is 6.07 Å². The second-order valence-electron chi connectivity index (χ2n) is 4.70. The Kier molecular flexibility index (Phi) is 6.31. The number of nitrogens with two attached hydrogens (primary N) is 1. The van der Waals surface area contributed by atoms with Crippen LogP contribution in [-0.2, 0) is 4.74 Å². The van der Waals surface area contributed by atoms with Crippen LogP contribution in [0, 0.1) is 0 Å². The van der Waals surface area contributed by atoms with Gasteiger partial charge in [-0.15, -0.1) is 0 Å². The van der Waals surface area contributed by atoms with Crippen LogP contribution in [0.5, 0.6) is 0 Å². The lowest BCUT2D eigenvalue weighted by atomic mass is 10.1. The number of nitrogen functional groups attached to an aromatic ring is 1. The van der Waals surface area contributed by atoms with Crippen molar-refractivity contribution in [3.8, 4) is 0 Å². The van der Waals surface area contributed by atoms with Crippen molar-refractivity contribution in [1.82, 2.24) is 0 Å². The third-order valence-electron chi connectivity index (χ3n) is 3.54. The fraction of sp³-hybridized carbons (Fsp3) is 0.533. The molecule has 0 aliphatic heterocycles. The molecule has 1 rings (SSSR count). The number of ether oxygens (including phenoxy) is 1. The first kappa shape index (κ1) is 16.3. The molecule has 3 N–H and O–H groups in total. The molecule has 0 saturated carbocycles. The van der Waals surface area contributed by atoms with Gasteiger partial charge in [0.15, 0.2) is 0 Å². The third kappa shape index (κ3) is 3.63. The highest BCUT2D eigenvalue weighted by atomic mass is 16.5. The van der Waals surface area contributed by atoms with Gasteiger partial charge in [-0.05, 0) is 25.0 Å². The Balaban J connectivity index is 3.19. The fourth-order valence-corrected chi connectivity index (χ4v) is 2.41. The van der Waals surface area contributed by atoms with Crippen LogP contribution in [0.25, 0.3) is 0 Å². The van der Waals surface area contributed by atoms with Gasteiger partial charge in [-0.2, -0.15) is 0 Å². The summed E-state index contributed by atoms with van der Waals surface area (Å²) in [5.41, 5.74) is 7.29.